The molecule has 1 fully saturated rings. The van der Waals surface area contributed by atoms with E-state index >= 15 is 0 Å². The van der Waals surface area contributed by atoms with Crippen molar-refractivity contribution >= 4 is 26.7 Å². The van der Waals surface area contributed by atoms with Gasteiger partial charge < -0.3 is 9.47 Å². The van der Waals surface area contributed by atoms with Gasteiger partial charge in [-0.25, -0.2) is 18.4 Å². The van der Waals surface area contributed by atoms with Gasteiger partial charge in [-0.15, -0.1) is 0 Å². The topological polar surface area (TPSA) is 125 Å². The second kappa shape index (κ2) is 8.53. The lowest BCUT2D eigenvalue weighted by Crippen LogP contribution is -2.40. The third-order valence-electron chi connectivity index (χ3n) is 4.94. The third kappa shape index (κ3) is 4.33. The minimum Gasteiger partial charge on any atom is -0.480 e. The smallest absolute Gasteiger partial charge is 0.312 e. The van der Waals surface area contributed by atoms with E-state index in [4.69, 9.17) is 9.47 Å². The number of ether oxygens (including phenoxy) is 2. The van der Waals surface area contributed by atoms with Gasteiger partial charge in [-0.3, -0.25) is 10.1 Å². The average Bonchev–Trinajstić information content (AvgIpc) is 2.78. The number of aromatic nitrogens is 2. The summed E-state index contributed by atoms with van der Waals surface area (Å²) in [7, 11) is -3.86. The Morgan fingerprint density at radius 1 is 1.13 bits per heavy atom. The first kappa shape index (κ1) is 21.1. The van der Waals surface area contributed by atoms with E-state index in [0.717, 1.165) is 11.6 Å². The molecule has 0 bridgehead atoms. The number of fused-ring (bicyclic) bond motifs is 1. The molecule has 3 aromatic rings. The van der Waals surface area contributed by atoms with Crippen LogP contribution in [0.5, 0.6) is 5.75 Å². The Labute approximate surface area is 178 Å². The predicted octanol–water partition coefficient (Wildman–Crippen LogP) is 2.45. The molecule has 162 valence electrons. The maximum Gasteiger partial charge on any atom is 0.312 e. The lowest BCUT2D eigenvalue weighted by atomic mass is 10.2. The standard InChI is InChI=1S/C20H20N4O6S/c1-14-18(22-17-5-3-2-4-16(17)21-14)13-30-20-7-6-15(12-19(20)24(25)26)31(27,28)23-8-10-29-11-9-23/h2-7,12H,8-11,13H2,1H3. The Kier molecular flexibility index (Phi) is 5.81. The molecule has 31 heavy (non-hydrogen) atoms. The fourth-order valence-electron chi connectivity index (χ4n) is 3.27. The summed E-state index contributed by atoms with van der Waals surface area (Å²) in [5.41, 5.74) is 2.19. The van der Waals surface area contributed by atoms with E-state index in [1.165, 1.54) is 16.4 Å². The molecule has 0 atom stereocenters. The van der Waals surface area contributed by atoms with Crippen LogP contribution in [-0.2, 0) is 21.4 Å². The highest BCUT2D eigenvalue weighted by molar-refractivity contribution is 7.89. The number of para-hydroxylation sites is 2. The second-order valence-corrected chi connectivity index (χ2v) is 8.87. The Morgan fingerprint density at radius 2 is 1.81 bits per heavy atom. The van der Waals surface area contributed by atoms with Crippen LogP contribution in [0, 0.1) is 17.0 Å². The van der Waals surface area contributed by atoms with Crippen LogP contribution in [0.15, 0.2) is 47.4 Å². The molecule has 11 heteroatoms. The summed E-state index contributed by atoms with van der Waals surface area (Å²) in [6.45, 7) is 2.72. The molecule has 0 aliphatic carbocycles. The maximum atomic E-state index is 12.8. The van der Waals surface area contributed by atoms with E-state index in [9.17, 15) is 18.5 Å². The summed E-state index contributed by atoms with van der Waals surface area (Å²) in [5, 5.41) is 11.6. The molecule has 0 saturated carbocycles. The highest BCUT2D eigenvalue weighted by Gasteiger charge is 2.29. The molecule has 1 aliphatic rings. The molecule has 0 radical (unpaired) electrons. The second-order valence-electron chi connectivity index (χ2n) is 6.94. The molecule has 0 unspecified atom stereocenters. The van der Waals surface area contributed by atoms with Crippen LogP contribution in [-0.4, -0.2) is 53.9 Å². The summed E-state index contributed by atoms with van der Waals surface area (Å²) < 4.78 is 37.7. The highest BCUT2D eigenvalue weighted by Crippen LogP contribution is 2.32. The zero-order valence-electron chi connectivity index (χ0n) is 16.7. The van der Waals surface area contributed by atoms with Crippen molar-refractivity contribution in [2.45, 2.75) is 18.4 Å². The van der Waals surface area contributed by atoms with Gasteiger partial charge in [0.15, 0.2) is 5.75 Å². The van der Waals surface area contributed by atoms with Crippen molar-refractivity contribution in [2.75, 3.05) is 26.3 Å². The van der Waals surface area contributed by atoms with Gasteiger partial charge in [-0.2, -0.15) is 4.31 Å². The lowest BCUT2D eigenvalue weighted by molar-refractivity contribution is -0.386. The van der Waals surface area contributed by atoms with Gasteiger partial charge in [-0.05, 0) is 31.2 Å². The number of hydrogen-bond donors (Lipinski definition) is 0. The zero-order chi connectivity index (χ0) is 22.0. The maximum absolute atomic E-state index is 12.8. The first-order valence-corrected chi connectivity index (χ1v) is 11.0. The summed E-state index contributed by atoms with van der Waals surface area (Å²) in [6, 6.07) is 11.0. The van der Waals surface area contributed by atoms with E-state index in [-0.39, 0.29) is 43.6 Å². The molecule has 1 aromatic heterocycles. The first-order chi connectivity index (χ1) is 14.9. The largest absolute Gasteiger partial charge is 0.480 e. The van der Waals surface area contributed by atoms with Crippen molar-refractivity contribution in [2.24, 2.45) is 0 Å². The quantitative estimate of drug-likeness (QED) is 0.419. The van der Waals surface area contributed by atoms with Gasteiger partial charge in [0.2, 0.25) is 10.0 Å². The number of aryl methyl sites for hydroxylation is 1. The first-order valence-electron chi connectivity index (χ1n) is 9.57. The Hall–Kier alpha value is -3.15. The fourth-order valence-corrected chi connectivity index (χ4v) is 4.69. The van der Waals surface area contributed by atoms with Crippen LogP contribution in [0.4, 0.5) is 5.69 Å². The molecule has 0 N–H and O–H groups in total. The highest BCUT2D eigenvalue weighted by atomic mass is 32.2. The summed E-state index contributed by atoms with van der Waals surface area (Å²) in [5.74, 6) is -0.0414. The van der Waals surface area contributed by atoms with Gasteiger partial charge in [-0.1, -0.05) is 12.1 Å². The van der Waals surface area contributed by atoms with Gasteiger partial charge in [0.1, 0.15) is 6.61 Å². The van der Waals surface area contributed by atoms with Crippen LogP contribution in [0.2, 0.25) is 0 Å². The lowest BCUT2D eigenvalue weighted by Gasteiger charge is -2.26. The number of sulfonamides is 1. The SMILES string of the molecule is Cc1nc2ccccc2nc1COc1ccc(S(=O)(=O)N2CCOCC2)cc1[N+](=O)[O-]. The molecular formula is C20H20N4O6S. The normalized spacial score (nSPS) is 15.1. The molecule has 1 saturated heterocycles. The van der Waals surface area contributed by atoms with Crippen LogP contribution < -0.4 is 4.74 Å². The monoisotopic (exact) mass is 444 g/mol. The van der Waals surface area contributed by atoms with Crippen molar-refractivity contribution in [3.8, 4) is 5.75 Å². The summed E-state index contributed by atoms with van der Waals surface area (Å²) in [4.78, 5) is 19.8. The minimum atomic E-state index is -3.86. The van der Waals surface area contributed by atoms with Gasteiger partial charge in [0.05, 0.1) is 45.5 Å². The Bertz CT molecular complexity index is 1240. The van der Waals surface area contributed by atoms with Gasteiger partial charge in [0, 0.05) is 19.2 Å². The predicted molar refractivity (Wildman–Crippen MR) is 111 cm³/mol. The number of nitro benzene ring substituents is 1. The molecule has 10 nitrogen and oxygen atoms in total. The number of hydrogen-bond acceptors (Lipinski definition) is 8. The molecule has 0 spiro atoms. The summed E-state index contributed by atoms with van der Waals surface area (Å²) >= 11 is 0. The Balaban J connectivity index is 1.60. The van der Waals surface area contributed by atoms with Crippen molar-refractivity contribution in [1.29, 1.82) is 0 Å². The average molecular weight is 444 g/mol. The fraction of sp³-hybridized carbons (Fsp3) is 0.300. The molecule has 0 amide bonds. The van der Waals surface area contributed by atoms with E-state index in [1.54, 1.807) is 6.92 Å². The number of benzene rings is 2. The van der Waals surface area contributed by atoms with E-state index < -0.39 is 20.6 Å². The molecule has 1 aliphatic heterocycles. The van der Waals surface area contributed by atoms with Crippen LogP contribution in [0.3, 0.4) is 0 Å². The van der Waals surface area contributed by atoms with E-state index in [2.05, 4.69) is 9.97 Å². The molecule has 2 heterocycles. The van der Waals surface area contributed by atoms with Crippen molar-refractivity contribution in [3.63, 3.8) is 0 Å². The van der Waals surface area contributed by atoms with Gasteiger partial charge in [0.25, 0.3) is 0 Å². The number of rotatable bonds is 6. The number of nitrogens with zero attached hydrogens (tertiary/aromatic N) is 4. The van der Waals surface area contributed by atoms with E-state index in [1.807, 2.05) is 24.3 Å². The van der Waals surface area contributed by atoms with Gasteiger partial charge >= 0.3 is 5.69 Å². The van der Waals surface area contributed by atoms with Crippen LogP contribution >= 0.6 is 0 Å². The number of nitro groups is 1. The summed E-state index contributed by atoms with van der Waals surface area (Å²) in [6.07, 6.45) is 0. The van der Waals surface area contributed by atoms with Crippen LogP contribution in [0.1, 0.15) is 11.4 Å². The minimum absolute atomic E-state index is 0.0414. The van der Waals surface area contributed by atoms with Crippen molar-refractivity contribution in [1.82, 2.24) is 14.3 Å². The molecule has 4 rings (SSSR count). The zero-order valence-corrected chi connectivity index (χ0v) is 17.5. The van der Waals surface area contributed by atoms with E-state index in [0.29, 0.717) is 16.9 Å². The molecule has 2 aromatic carbocycles. The Morgan fingerprint density at radius 3 is 2.48 bits per heavy atom. The number of morpholine rings is 1. The van der Waals surface area contributed by atoms with Crippen molar-refractivity contribution < 1.29 is 22.8 Å². The molecular weight excluding hydrogens is 424 g/mol. The van der Waals surface area contributed by atoms with Crippen LogP contribution in [0.25, 0.3) is 11.0 Å². The third-order valence-corrected chi connectivity index (χ3v) is 6.84. The van der Waals surface area contributed by atoms with Crippen molar-refractivity contribution in [3.05, 3.63) is 64.0 Å².